The summed E-state index contributed by atoms with van der Waals surface area (Å²) in [4.78, 5) is 84.3. The van der Waals surface area contributed by atoms with Gasteiger partial charge in [0, 0.05) is 24.9 Å². The molecule has 0 aliphatic heterocycles. The van der Waals surface area contributed by atoms with Crippen LogP contribution < -0.4 is 11.2 Å². The lowest BCUT2D eigenvalue weighted by Crippen LogP contribution is -2.66. The molecule has 1 heterocycles. The van der Waals surface area contributed by atoms with Gasteiger partial charge in [-0.25, -0.2) is 4.79 Å². The van der Waals surface area contributed by atoms with Crippen molar-refractivity contribution in [3.63, 3.8) is 0 Å². The molecule has 13 heteroatoms. The predicted molar refractivity (Wildman–Crippen MR) is 345 cm³/mol. The Bertz CT molecular complexity index is 3170. The van der Waals surface area contributed by atoms with Crippen LogP contribution in [-0.4, -0.2) is 68.3 Å². The molecule has 8 saturated carbocycles. The van der Waals surface area contributed by atoms with Gasteiger partial charge >= 0.3 is 17.6 Å². The Morgan fingerprint density at radius 3 is 1.33 bits per heavy atom. The van der Waals surface area contributed by atoms with E-state index < -0.39 is 27.9 Å². The van der Waals surface area contributed by atoms with E-state index >= 15 is 4.39 Å². The molecule has 10 aliphatic rings. The maximum atomic E-state index is 15.1. The SMILES string of the molecule is CC1(C)[C@@H](O)CC[C@]2(C)[C@H]3C(=O)C=C4[C@@H]5C[C@@](C)(C(=O)OCCCCCCn6cc(F)c(=O)n(CCCCCCOC(=O)[C@@]7(C)CC[C@]8(C)CC[C@]9(C)C(=CC(=O)[C@@H]%10[C@@]%11(C)CC[C@H](O)C(C)(C)[C@@H]%11CC[C@]%109C)[C@@H]8C7)c6=O)CC[C@]5(C)CC[C@@]4(C)[C@]3(C)CC[C@@H]12. The Hall–Kier alpha value is -3.71. The summed E-state index contributed by atoms with van der Waals surface area (Å²) in [7, 11) is 0. The molecule has 0 bridgehead atoms. The summed E-state index contributed by atoms with van der Waals surface area (Å²) in [5, 5.41) is 22.3. The van der Waals surface area contributed by atoms with Gasteiger partial charge in [0.05, 0.1) is 42.4 Å². The van der Waals surface area contributed by atoms with Crippen molar-refractivity contribution in [1.29, 1.82) is 0 Å². The van der Waals surface area contributed by atoms with Crippen LogP contribution in [0.4, 0.5) is 4.39 Å². The van der Waals surface area contributed by atoms with Gasteiger partial charge in [0.15, 0.2) is 11.6 Å². The number of esters is 2. The molecule has 1 aromatic rings. The number of ketones is 2. The van der Waals surface area contributed by atoms with Crippen LogP contribution in [0.15, 0.2) is 39.1 Å². The van der Waals surface area contributed by atoms with E-state index in [4.69, 9.17) is 9.47 Å². The van der Waals surface area contributed by atoms with Crippen molar-refractivity contribution < 1.29 is 43.3 Å². The van der Waals surface area contributed by atoms with E-state index in [2.05, 4.69) is 109 Å². The lowest BCUT2D eigenvalue weighted by atomic mass is 9.33. The number of rotatable bonds is 16. The molecule has 2 N–H and O–H groups in total. The van der Waals surface area contributed by atoms with Crippen LogP contribution in [0.5, 0.6) is 0 Å². The first-order valence-corrected chi connectivity index (χ1v) is 35.7. The Kier molecular flexibility index (Phi) is 17.1. The number of aryl methyl sites for hydroxylation is 1. The molecule has 89 heavy (non-hydrogen) atoms. The zero-order chi connectivity index (χ0) is 64.7. The molecule has 12 nitrogen and oxygen atoms in total. The molecule has 8 fully saturated rings. The number of ether oxygens (including phenoxy) is 2. The number of carbonyl (C=O) groups excluding carboxylic acids is 4. The van der Waals surface area contributed by atoms with Crippen LogP contribution >= 0.6 is 0 Å². The number of hydrogen-bond acceptors (Lipinski definition) is 10. The van der Waals surface area contributed by atoms with Gasteiger partial charge in [0.1, 0.15) is 0 Å². The van der Waals surface area contributed by atoms with Gasteiger partial charge in [-0.2, -0.15) is 4.39 Å². The second kappa shape index (κ2) is 22.8. The van der Waals surface area contributed by atoms with E-state index in [1.165, 1.54) is 15.7 Å². The first-order valence-electron chi connectivity index (χ1n) is 35.7. The minimum Gasteiger partial charge on any atom is -0.465 e. The molecular weight excluding hydrogens is 1120 g/mol. The number of unbranched alkanes of at least 4 members (excludes halogenated alkanes) is 6. The predicted octanol–water partition coefficient (Wildman–Crippen LogP) is 15.0. The quantitative estimate of drug-likeness (QED) is 0.120. The highest BCUT2D eigenvalue weighted by Crippen LogP contribution is 2.77. The number of aromatic nitrogens is 2. The number of hydrogen-bond donors (Lipinski definition) is 2. The monoisotopic (exact) mass is 1230 g/mol. The number of fused-ring (bicyclic) bond motifs is 14. The molecule has 1 aromatic heterocycles. The van der Waals surface area contributed by atoms with Gasteiger partial charge in [-0.3, -0.25) is 33.1 Å². The molecule has 496 valence electrons. The van der Waals surface area contributed by atoms with Crippen molar-refractivity contribution in [1.82, 2.24) is 9.13 Å². The largest absolute Gasteiger partial charge is 0.465 e. The van der Waals surface area contributed by atoms with E-state index in [1.54, 1.807) is 0 Å². The summed E-state index contributed by atoms with van der Waals surface area (Å²) in [5.74, 6) is -0.226. The second-order valence-corrected chi connectivity index (χ2v) is 35.8. The van der Waals surface area contributed by atoms with Crippen LogP contribution in [0.1, 0.15) is 264 Å². The lowest BCUT2D eigenvalue weighted by Gasteiger charge is -2.70. The standard InChI is InChI=1S/C76H115FN2O10/c1-65(2)55-23-29-75(13)59(71(55,9)27-25-57(65)82)53(80)43-48-50-45-69(7,33-31-67(50,5)35-37-73(48,75)11)62(85)88-41-21-17-15-19-39-78-47-52(77)61(84)79(64(78)87)40-20-16-18-22-42-89-63(86)70(8)34-32-68(6)36-38-74(12)49(51(68)46-70)44-54(81)60-72(10)28-26-58(83)66(3,4)56(72)24-30-76(60,74)14/h43-44,47,50-51,55-60,82-83H,15-42,45-46H2,1-14H3/t50-,51-,55-,56-,57-,58-,59+,60+,67+,68+,69-,70-,71-,72-,73+,74+,75+,76+/m0/s1. The molecule has 0 unspecified atom stereocenters. The molecule has 11 rings (SSSR count). The minimum absolute atomic E-state index is 0.000621. The Morgan fingerprint density at radius 2 is 0.899 bits per heavy atom. The molecular formula is C76H115FN2O10. The number of aliphatic hydroxyl groups is 2. The summed E-state index contributed by atoms with van der Waals surface area (Å²) in [6.45, 7) is 33.0. The Labute approximate surface area is 532 Å². The van der Waals surface area contributed by atoms with Crippen LogP contribution in [0, 0.1) is 106 Å². The number of halogens is 1. The molecule has 0 saturated heterocycles. The number of carbonyl (C=O) groups is 4. The fourth-order valence-electron chi connectivity index (χ4n) is 23.8. The smallest absolute Gasteiger partial charge is 0.331 e. The minimum atomic E-state index is -0.958. The van der Waals surface area contributed by atoms with Crippen LogP contribution in [0.25, 0.3) is 0 Å². The summed E-state index contributed by atoms with van der Waals surface area (Å²) in [6.07, 6.45) is 25.6. The number of aliphatic hydroxyl groups excluding tert-OH is 2. The van der Waals surface area contributed by atoms with Gasteiger partial charge in [-0.15, -0.1) is 0 Å². The first kappa shape index (κ1) is 66.7. The Morgan fingerprint density at radius 1 is 0.506 bits per heavy atom. The lowest BCUT2D eigenvalue weighted by molar-refractivity contribution is -0.203. The van der Waals surface area contributed by atoms with Crippen LogP contribution in [0.3, 0.4) is 0 Å². The van der Waals surface area contributed by atoms with Gasteiger partial charge in [-0.1, -0.05) is 107 Å². The van der Waals surface area contributed by atoms with E-state index in [-0.39, 0.29) is 152 Å². The Balaban J connectivity index is 0.621. The third kappa shape index (κ3) is 10.2. The fraction of sp³-hybridized carbons (Fsp3) is 0.842. The van der Waals surface area contributed by atoms with Crippen molar-refractivity contribution in [3.8, 4) is 0 Å². The summed E-state index contributed by atoms with van der Waals surface area (Å²) in [6, 6.07) is 0. The van der Waals surface area contributed by atoms with Crippen molar-refractivity contribution in [2.24, 2.45) is 100 Å². The molecule has 0 aromatic carbocycles. The highest BCUT2D eigenvalue weighted by atomic mass is 19.1. The van der Waals surface area contributed by atoms with Crippen molar-refractivity contribution in [2.45, 2.75) is 289 Å². The highest BCUT2D eigenvalue weighted by Gasteiger charge is 2.73. The molecule has 0 amide bonds. The van der Waals surface area contributed by atoms with Gasteiger partial charge in [-0.05, 0) is 258 Å². The number of nitrogens with zero attached hydrogens (tertiary/aromatic N) is 2. The molecule has 0 spiro atoms. The summed E-state index contributed by atoms with van der Waals surface area (Å²) >= 11 is 0. The van der Waals surface area contributed by atoms with Crippen LogP contribution in [-0.2, 0) is 41.7 Å². The van der Waals surface area contributed by atoms with Crippen LogP contribution in [0.2, 0.25) is 0 Å². The average molecular weight is 1240 g/mol. The van der Waals surface area contributed by atoms with Crippen molar-refractivity contribution in [2.75, 3.05) is 13.2 Å². The maximum Gasteiger partial charge on any atom is 0.331 e. The molecule has 0 radical (unpaired) electrons. The summed E-state index contributed by atoms with van der Waals surface area (Å²) < 4.78 is 29.5. The van der Waals surface area contributed by atoms with E-state index in [1.807, 2.05) is 0 Å². The molecule has 10 aliphatic carbocycles. The zero-order valence-corrected chi connectivity index (χ0v) is 57.5. The zero-order valence-electron chi connectivity index (χ0n) is 57.5. The third-order valence-corrected chi connectivity index (χ3v) is 30.3. The van der Waals surface area contributed by atoms with E-state index in [9.17, 15) is 39.0 Å². The summed E-state index contributed by atoms with van der Waals surface area (Å²) in [5.41, 5.74) is -1.87. The number of allylic oxidation sites excluding steroid dienone is 4. The van der Waals surface area contributed by atoms with Crippen molar-refractivity contribution >= 4 is 23.5 Å². The van der Waals surface area contributed by atoms with E-state index in [0.29, 0.717) is 51.4 Å². The topological polar surface area (TPSA) is 171 Å². The normalized spacial score (nSPS) is 44.3. The first-order chi connectivity index (χ1) is 41.5. The van der Waals surface area contributed by atoms with E-state index in [0.717, 1.165) is 126 Å². The highest BCUT2D eigenvalue weighted by molar-refractivity contribution is 5.96. The maximum absolute atomic E-state index is 15.1. The van der Waals surface area contributed by atoms with Gasteiger partial charge in [0.25, 0.3) is 5.56 Å². The van der Waals surface area contributed by atoms with Gasteiger partial charge in [0.2, 0.25) is 5.82 Å². The average Bonchev–Trinajstić information content (AvgIpc) is 0.683. The third-order valence-electron chi connectivity index (χ3n) is 30.3. The van der Waals surface area contributed by atoms with Crippen molar-refractivity contribution in [3.05, 3.63) is 56.2 Å². The fourth-order valence-corrected chi connectivity index (χ4v) is 23.8. The second-order valence-electron chi connectivity index (χ2n) is 35.8. The van der Waals surface area contributed by atoms with Gasteiger partial charge < -0.3 is 19.7 Å². The molecule has 18 atom stereocenters.